The van der Waals surface area contributed by atoms with E-state index in [4.69, 9.17) is 10.2 Å². The molecular formula is C18H15N5O. The largest absolute Gasteiger partial charge is 0.464 e. The maximum atomic E-state index is 9.57. The number of fused-ring (bicyclic) bond motifs is 1. The Labute approximate surface area is 138 Å². The molecule has 0 saturated heterocycles. The maximum Gasteiger partial charge on any atom is 0.139 e. The fourth-order valence-corrected chi connectivity index (χ4v) is 3.03. The second-order valence-electron chi connectivity index (χ2n) is 5.56. The number of anilines is 1. The number of nitriles is 1. The number of nitrogens with zero attached hydrogens (tertiary/aromatic N) is 3. The van der Waals surface area contributed by atoms with Gasteiger partial charge in [0, 0.05) is 5.57 Å². The summed E-state index contributed by atoms with van der Waals surface area (Å²) >= 11 is 0. The van der Waals surface area contributed by atoms with Gasteiger partial charge < -0.3 is 15.5 Å². The molecule has 0 spiro atoms. The van der Waals surface area contributed by atoms with E-state index >= 15 is 0 Å². The van der Waals surface area contributed by atoms with E-state index < -0.39 is 6.17 Å². The molecule has 6 heteroatoms. The van der Waals surface area contributed by atoms with E-state index in [1.165, 1.54) is 0 Å². The van der Waals surface area contributed by atoms with E-state index in [-0.39, 0.29) is 0 Å². The van der Waals surface area contributed by atoms with Crippen LogP contribution in [0.4, 0.5) is 5.82 Å². The van der Waals surface area contributed by atoms with E-state index in [0.717, 1.165) is 22.8 Å². The van der Waals surface area contributed by atoms with Gasteiger partial charge in [0.1, 0.15) is 17.7 Å². The Kier molecular flexibility index (Phi) is 3.22. The molecule has 0 saturated carbocycles. The van der Waals surface area contributed by atoms with Crippen molar-refractivity contribution in [3.8, 4) is 11.8 Å². The van der Waals surface area contributed by atoms with Gasteiger partial charge in [0.2, 0.25) is 0 Å². The number of para-hydroxylation sites is 1. The summed E-state index contributed by atoms with van der Waals surface area (Å²) in [6.45, 7) is 1.91. The first-order valence-electron chi connectivity index (χ1n) is 7.56. The van der Waals surface area contributed by atoms with Gasteiger partial charge in [0.25, 0.3) is 0 Å². The van der Waals surface area contributed by atoms with Gasteiger partial charge in [0.15, 0.2) is 0 Å². The van der Waals surface area contributed by atoms with Crippen molar-refractivity contribution in [1.29, 1.82) is 5.26 Å². The van der Waals surface area contributed by atoms with Gasteiger partial charge >= 0.3 is 0 Å². The lowest BCUT2D eigenvalue weighted by atomic mass is 9.93. The molecule has 1 unspecified atom stereocenters. The summed E-state index contributed by atoms with van der Waals surface area (Å²) in [5, 5.41) is 17.4. The predicted octanol–water partition coefficient (Wildman–Crippen LogP) is 2.81. The van der Waals surface area contributed by atoms with E-state index in [1.807, 2.05) is 48.0 Å². The lowest BCUT2D eigenvalue weighted by Gasteiger charge is -2.24. The number of aryl methyl sites for hydroxylation is 1. The van der Waals surface area contributed by atoms with Gasteiger partial charge in [0.05, 0.1) is 34.9 Å². The molecule has 0 radical (unpaired) electrons. The summed E-state index contributed by atoms with van der Waals surface area (Å²) in [5.74, 6) is 1.37. The van der Waals surface area contributed by atoms with Crippen LogP contribution >= 0.6 is 0 Å². The van der Waals surface area contributed by atoms with Gasteiger partial charge in [-0.3, -0.25) is 0 Å². The third kappa shape index (κ3) is 2.03. The Morgan fingerprint density at radius 1 is 1.25 bits per heavy atom. The van der Waals surface area contributed by atoms with Crippen molar-refractivity contribution in [2.24, 2.45) is 5.73 Å². The molecule has 0 fully saturated rings. The predicted molar refractivity (Wildman–Crippen MR) is 90.2 cm³/mol. The van der Waals surface area contributed by atoms with E-state index in [1.54, 1.807) is 12.3 Å². The Hall–Kier alpha value is -3.30. The first kappa shape index (κ1) is 14.3. The van der Waals surface area contributed by atoms with Crippen LogP contribution in [0.5, 0.6) is 0 Å². The number of aromatic nitrogens is 2. The molecule has 3 N–H and O–H groups in total. The number of benzene rings is 1. The first-order valence-corrected chi connectivity index (χ1v) is 7.56. The molecule has 3 heterocycles. The molecule has 4 rings (SSSR count). The van der Waals surface area contributed by atoms with E-state index in [9.17, 15) is 5.26 Å². The van der Waals surface area contributed by atoms with Crippen LogP contribution < -0.4 is 11.1 Å². The van der Waals surface area contributed by atoms with Crippen LogP contribution in [0.1, 0.15) is 17.0 Å². The third-order valence-corrected chi connectivity index (χ3v) is 4.07. The summed E-state index contributed by atoms with van der Waals surface area (Å²) < 4.78 is 7.36. The van der Waals surface area contributed by atoms with Gasteiger partial charge in [-0.15, -0.1) is 0 Å². The average molecular weight is 317 g/mol. The molecule has 1 atom stereocenters. The highest BCUT2D eigenvalue weighted by Gasteiger charge is 2.32. The molecule has 1 aromatic carbocycles. The summed E-state index contributed by atoms with van der Waals surface area (Å²) in [4.78, 5) is 0. The molecule has 2 aromatic heterocycles. The minimum absolute atomic E-state index is 0.438. The molecule has 0 bridgehead atoms. The average Bonchev–Trinajstić information content (AvgIpc) is 3.23. The number of furan rings is 1. The van der Waals surface area contributed by atoms with Crippen molar-refractivity contribution in [3.05, 3.63) is 71.3 Å². The van der Waals surface area contributed by atoms with Gasteiger partial charge in [-0.05, 0) is 31.2 Å². The second-order valence-corrected chi connectivity index (χ2v) is 5.56. The molecule has 3 aromatic rings. The number of hydrogen-bond acceptors (Lipinski definition) is 5. The fourth-order valence-electron chi connectivity index (χ4n) is 3.03. The molecule has 24 heavy (non-hydrogen) atoms. The van der Waals surface area contributed by atoms with Crippen LogP contribution in [0.15, 0.2) is 58.7 Å². The van der Waals surface area contributed by atoms with Gasteiger partial charge in [-0.25, -0.2) is 4.68 Å². The number of nitrogens with two attached hydrogens (primary N) is 1. The van der Waals surface area contributed by atoms with Gasteiger partial charge in [-0.2, -0.15) is 10.4 Å². The monoisotopic (exact) mass is 317 g/mol. The molecule has 0 amide bonds. The smallest absolute Gasteiger partial charge is 0.139 e. The lowest BCUT2D eigenvalue weighted by Crippen LogP contribution is -2.35. The van der Waals surface area contributed by atoms with Crippen molar-refractivity contribution in [3.63, 3.8) is 0 Å². The van der Waals surface area contributed by atoms with Crippen LogP contribution in [0.3, 0.4) is 0 Å². The van der Waals surface area contributed by atoms with Crippen molar-refractivity contribution in [2.45, 2.75) is 13.1 Å². The molecule has 0 aliphatic carbocycles. The van der Waals surface area contributed by atoms with Crippen molar-refractivity contribution in [1.82, 2.24) is 9.78 Å². The van der Waals surface area contributed by atoms with Crippen molar-refractivity contribution in [2.75, 3.05) is 5.32 Å². The van der Waals surface area contributed by atoms with Crippen molar-refractivity contribution < 1.29 is 4.42 Å². The normalized spacial score (nSPS) is 16.5. The molecule has 1 aliphatic rings. The Morgan fingerprint density at radius 3 is 2.71 bits per heavy atom. The molecule has 6 nitrogen and oxygen atoms in total. The number of nitrogens with one attached hydrogen (secondary N) is 1. The number of hydrogen-bond donors (Lipinski definition) is 2. The maximum absolute atomic E-state index is 9.57. The van der Waals surface area contributed by atoms with Crippen LogP contribution in [-0.4, -0.2) is 15.9 Å². The molecule has 118 valence electrons. The highest BCUT2D eigenvalue weighted by molar-refractivity contribution is 5.91. The zero-order chi connectivity index (χ0) is 16.7. The Balaban J connectivity index is 2.01. The lowest BCUT2D eigenvalue weighted by molar-refractivity contribution is 0.552. The Morgan fingerprint density at radius 2 is 2.04 bits per heavy atom. The van der Waals surface area contributed by atoms with E-state index in [2.05, 4.69) is 16.5 Å². The first-order chi connectivity index (χ1) is 11.7. The summed E-state index contributed by atoms with van der Waals surface area (Å²) in [7, 11) is 0. The standard InChI is InChI=1S/C18H15N5O/c1-11-15-16(14-8-5-9-24-14)13(10-19)17(20)21-18(15)23(22-11)12-6-3-2-4-7-12/h2-9,17,21H,20H2,1H3. The highest BCUT2D eigenvalue weighted by atomic mass is 16.3. The summed E-state index contributed by atoms with van der Waals surface area (Å²) in [6, 6.07) is 15.6. The number of rotatable bonds is 2. The second kappa shape index (κ2) is 5.41. The van der Waals surface area contributed by atoms with Crippen LogP contribution in [0.2, 0.25) is 0 Å². The summed E-state index contributed by atoms with van der Waals surface area (Å²) in [6.07, 6.45) is 0.961. The van der Waals surface area contributed by atoms with Crippen molar-refractivity contribution >= 4 is 11.4 Å². The van der Waals surface area contributed by atoms with Crippen LogP contribution in [-0.2, 0) is 0 Å². The topological polar surface area (TPSA) is 92.8 Å². The Bertz CT molecular complexity index is 961. The van der Waals surface area contributed by atoms with Crippen LogP contribution in [0, 0.1) is 18.3 Å². The van der Waals surface area contributed by atoms with Gasteiger partial charge in [-0.1, -0.05) is 18.2 Å². The zero-order valence-corrected chi connectivity index (χ0v) is 13.0. The van der Waals surface area contributed by atoms with E-state index in [0.29, 0.717) is 16.9 Å². The third-order valence-electron chi connectivity index (χ3n) is 4.07. The fraction of sp³-hybridized carbons (Fsp3) is 0.111. The SMILES string of the molecule is Cc1nn(-c2ccccc2)c2c1C(c1ccco1)=C(C#N)C(N)N2. The highest BCUT2D eigenvalue weighted by Crippen LogP contribution is 2.40. The minimum atomic E-state index is -0.624. The molecular weight excluding hydrogens is 302 g/mol. The molecule has 1 aliphatic heterocycles. The zero-order valence-electron chi connectivity index (χ0n) is 13.0. The quantitative estimate of drug-likeness (QED) is 0.758. The minimum Gasteiger partial charge on any atom is -0.464 e. The summed E-state index contributed by atoms with van der Waals surface area (Å²) in [5.41, 5.74) is 9.87. The van der Waals surface area contributed by atoms with Crippen LogP contribution in [0.25, 0.3) is 11.3 Å².